The maximum absolute atomic E-state index is 12.0. The topological polar surface area (TPSA) is 111 Å². The number of allylic oxidation sites excluding steroid dienone is 5. The summed E-state index contributed by atoms with van der Waals surface area (Å²) in [6, 6.07) is 9.74. The summed E-state index contributed by atoms with van der Waals surface area (Å²) >= 11 is 0. The zero-order valence-electron chi connectivity index (χ0n) is 21.4. The molecule has 0 fully saturated rings. The second-order valence-electron chi connectivity index (χ2n) is 9.00. The number of benzene rings is 2. The van der Waals surface area contributed by atoms with E-state index >= 15 is 0 Å². The third kappa shape index (κ3) is 9.12. The molecule has 0 spiro atoms. The Labute approximate surface area is 212 Å². The molecule has 0 radical (unpaired) electrons. The van der Waals surface area contributed by atoms with E-state index in [4.69, 9.17) is 9.52 Å². The summed E-state index contributed by atoms with van der Waals surface area (Å²) in [7, 11) is 0. The molecule has 0 unspecified atom stereocenters. The van der Waals surface area contributed by atoms with Gasteiger partial charge in [-0.15, -0.1) is 0 Å². The maximum Gasteiger partial charge on any atom is 0.197 e. The largest absolute Gasteiger partial charge is 0.508 e. The quantitative estimate of drug-likeness (QED) is 0.253. The fraction of sp³-hybridized carbons (Fsp3) is 0.300. The van der Waals surface area contributed by atoms with Crippen molar-refractivity contribution in [3.8, 4) is 28.6 Å². The molecule has 0 atom stereocenters. The third-order valence-corrected chi connectivity index (χ3v) is 5.51. The summed E-state index contributed by atoms with van der Waals surface area (Å²) < 4.78 is 5.53. The van der Waals surface area contributed by atoms with E-state index in [1.165, 1.54) is 41.0 Å². The zero-order valence-corrected chi connectivity index (χ0v) is 21.4. The van der Waals surface area contributed by atoms with Crippen LogP contribution in [-0.4, -0.2) is 27.0 Å². The molecule has 2 aromatic carbocycles. The molecular formula is C30H36O6. The van der Waals surface area contributed by atoms with Crippen molar-refractivity contribution in [2.45, 2.75) is 53.4 Å². The Morgan fingerprint density at radius 1 is 0.806 bits per heavy atom. The van der Waals surface area contributed by atoms with Crippen molar-refractivity contribution in [2.24, 2.45) is 0 Å². The minimum atomic E-state index is -0.410. The molecule has 0 aliphatic heterocycles. The summed E-state index contributed by atoms with van der Waals surface area (Å²) in [6.45, 7) is 8.71. The first-order valence-corrected chi connectivity index (χ1v) is 12.0. The number of fused-ring (bicyclic) bond motifs is 1. The standard InChI is InChI=1S/C15H10O5.C15H26O/c16-9-3-1-8(2-4-9)13-7-12(19)15-11(18)5-10(17)6-14(15)20-13;1-13(2)7-5-8-14(3)9-6-10-15(4)11-12-16/h1-7,16-18H;7,9,11,16H,5-6,8,10,12H2,1-4H3/b;14-9+,15-11+. The lowest BCUT2D eigenvalue weighted by atomic mass is 10.1. The summed E-state index contributed by atoms with van der Waals surface area (Å²) in [5.41, 5.74) is 4.43. The fourth-order valence-corrected chi connectivity index (χ4v) is 3.52. The van der Waals surface area contributed by atoms with E-state index in [2.05, 4.69) is 39.8 Å². The van der Waals surface area contributed by atoms with Crippen LogP contribution in [0.5, 0.6) is 17.2 Å². The predicted molar refractivity (Wildman–Crippen MR) is 145 cm³/mol. The summed E-state index contributed by atoms with van der Waals surface area (Å²) in [6.07, 6.45) is 10.9. The number of phenols is 3. The summed E-state index contributed by atoms with van der Waals surface area (Å²) in [4.78, 5) is 12.0. The van der Waals surface area contributed by atoms with E-state index in [0.29, 0.717) is 5.56 Å². The van der Waals surface area contributed by atoms with Gasteiger partial charge in [0.2, 0.25) is 0 Å². The van der Waals surface area contributed by atoms with Gasteiger partial charge in [-0.1, -0.05) is 34.9 Å². The van der Waals surface area contributed by atoms with Gasteiger partial charge in [-0.25, -0.2) is 0 Å². The number of hydrogen-bond donors (Lipinski definition) is 4. The molecule has 1 aromatic heterocycles. The van der Waals surface area contributed by atoms with Gasteiger partial charge < -0.3 is 24.8 Å². The minimum Gasteiger partial charge on any atom is -0.508 e. The van der Waals surface area contributed by atoms with Crippen LogP contribution in [0.3, 0.4) is 0 Å². The molecule has 3 aromatic rings. The Morgan fingerprint density at radius 2 is 1.42 bits per heavy atom. The minimum absolute atomic E-state index is 0.0188. The molecule has 0 bridgehead atoms. The van der Waals surface area contributed by atoms with Gasteiger partial charge in [0.05, 0.1) is 6.61 Å². The number of aliphatic hydroxyl groups excluding tert-OH is 1. The Kier molecular flexibility index (Phi) is 11.0. The Hall–Kier alpha value is -3.77. The number of rotatable bonds is 8. The zero-order chi connectivity index (χ0) is 26.7. The molecule has 3 rings (SSSR count). The van der Waals surface area contributed by atoms with Gasteiger partial charge >= 0.3 is 0 Å². The summed E-state index contributed by atoms with van der Waals surface area (Å²) in [5.74, 6) is -0.133. The van der Waals surface area contributed by atoms with Gasteiger partial charge in [-0.05, 0) is 77.6 Å². The first-order chi connectivity index (χ1) is 17.1. The smallest absolute Gasteiger partial charge is 0.197 e. The first-order valence-electron chi connectivity index (χ1n) is 12.0. The van der Waals surface area contributed by atoms with Crippen molar-refractivity contribution in [3.63, 3.8) is 0 Å². The van der Waals surface area contributed by atoms with Crippen molar-refractivity contribution in [1.29, 1.82) is 0 Å². The van der Waals surface area contributed by atoms with Gasteiger partial charge in [0.1, 0.15) is 34.0 Å². The average Bonchev–Trinajstić information content (AvgIpc) is 2.79. The average molecular weight is 493 g/mol. The monoisotopic (exact) mass is 492 g/mol. The van der Waals surface area contributed by atoms with Crippen molar-refractivity contribution in [3.05, 3.63) is 87.6 Å². The van der Waals surface area contributed by atoms with E-state index in [1.54, 1.807) is 12.1 Å². The highest BCUT2D eigenvalue weighted by Crippen LogP contribution is 2.30. The highest BCUT2D eigenvalue weighted by atomic mass is 16.3. The second kappa shape index (κ2) is 14.0. The van der Waals surface area contributed by atoms with Crippen molar-refractivity contribution >= 4 is 11.0 Å². The number of phenolic OH excluding ortho intramolecular Hbond substituents is 3. The van der Waals surface area contributed by atoms with Crippen LogP contribution in [0.4, 0.5) is 0 Å². The molecule has 192 valence electrons. The fourth-order valence-electron chi connectivity index (χ4n) is 3.52. The van der Waals surface area contributed by atoms with Crippen LogP contribution in [-0.2, 0) is 0 Å². The van der Waals surface area contributed by atoms with Gasteiger partial charge in [-0.2, -0.15) is 0 Å². The lowest BCUT2D eigenvalue weighted by Crippen LogP contribution is -2.00. The molecule has 6 heteroatoms. The Balaban J connectivity index is 0.000000262. The molecular weight excluding hydrogens is 456 g/mol. The molecule has 36 heavy (non-hydrogen) atoms. The number of aromatic hydroxyl groups is 3. The van der Waals surface area contributed by atoms with E-state index in [1.807, 2.05) is 6.08 Å². The SMILES string of the molecule is CC(C)=CCC/C(C)=C/CC/C(C)=C/CO.O=c1cc(-c2ccc(O)cc2)oc2cc(O)cc(O)c12. The maximum atomic E-state index is 12.0. The van der Waals surface area contributed by atoms with Crippen LogP contribution in [0.1, 0.15) is 53.4 Å². The van der Waals surface area contributed by atoms with E-state index in [0.717, 1.165) is 31.7 Å². The van der Waals surface area contributed by atoms with E-state index in [-0.39, 0.29) is 40.6 Å². The van der Waals surface area contributed by atoms with Gasteiger partial charge in [0.25, 0.3) is 0 Å². The van der Waals surface area contributed by atoms with E-state index < -0.39 is 5.43 Å². The lowest BCUT2D eigenvalue weighted by molar-refractivity contribution is 0.341. The molecule has 0 aliphatic carbocycles. The molecule has 0 saturated carbocycles. The lowest BCUT2D eigenvalue weighted by Gasteiger charge is -2.05. The van der Waals surface area contributed by atoms with Crippen LogP contribution in [0.25, 0.3) is 22.3 Å². The van der Waals surface area contributed by atoms with Gasteiger partial charge in [0.15, 0.2) is 5.43 Å². The first kappa shape index (κ1) is 28.5. The highest BCUT2D eigenvalue weighted by Gasteiger charge is 2.12. The summed E-state index contributed by atoms with van der Waals surface area (Å²) in [5, 5.41) is 37.1. The van der Waals surface area contributed by atoms with Crippen molar-refractivity contribution in [2.75, 3.05) is 6.61 Å². The predicted octanol–water partition coefficient (Wildman–Crippen LogP) is 6.97. The molecule has 6 nitrogen and oxygen atoms in total. The molecule has 4 N–H and O–H groups in total. The van der Waals surface area contributed by atoms with Crippen molar-refractivity contribution < 1.29 is 24.8 Å². The second-order valence-corrected chi connectivity index (χ2v) is 9.00. The van der Waals surface area contributed by atoms with Crippen LogP contribution in [0.2, 0.25) is 0 Å². The highest BCUT2D eigenvalue weighted by molar-refractivity contribution is 5.86. The van der Waals surface area contributed by atoms with Crippen molar-refractivity contribution in [1.82, 2.24) is 0 Å². The number of hydrogen-bond acceptors (Lipinski definition) is 6. The van der Waals surface area contributed by atoms with Crippen LogP contribution >= 0.6 is 0 Å². The van der Waals surface area contributed by atoms with Crippen LogP contribution < -0.4 is 5.43 Å². The van der Waals surface area contributed by atoms with E-state index in [9.17, 15) is 20.1 Å². The number of aliphatic hydroxyl groups is 1. The molecule has 0 aliphatic rings. The third-order valence-electron chi connectivity index (χ3n) is 5.51. The molecule has 0 amide bonds. The molecule has 1 heterocycles. The normalized spacial score (nSPS) is 11.7. The van der Waals surface area contributed by atoms with Crippen LogP contribution in [0.15, 0.2) is 86.6 Å². The Morgan fingerprint density at radius 3 is 2.03 bits per heavy atom. The van der Waals surface area contributed by atoms with Gasteiger partial charge in [0, 0.05) is 23.8 Å². The Bertz CT molecular complexity index is 1290. The molecule has 0 saturated heterocycles. The van der Waals surface area contributed by atoms with Crippen LogP contribution in [0, 0.1) is 0 Å². The van der Waals surface area contributed by atoms with Gasteiger partial charge in [-0.3, -0.25) is 4.79 Å².